The van der Waals surface area contributed by atoms with E-state index < -0.39 is 0 Å². The Labute approximate surface area is 314 Å². The van der Waals surface area contributed by atoms with E-state index in [-0.39, 0.29) is 0 Å². The van der Waals surface area contributed by atoms with Gasteiger partial charge in [-0.2, -0.15) is 0 Å². The summed E-state index contributed by atoms with van der Waals surface area (Å²) in [6, 6.07) is 63.6. The molecule has 12 rings (SSSR count). The van der Waals surface area contributed by atoms with Crippen molar-refractivity contribution >= 4 is 77.2 Å². The molecule has 10 aromatic rings. The van der Waals surface area contributed by atoms with Crippen LogP contribution in [0.1, 0.15) is 33.4 Å². The molecule has 10 aromatic carbocycles. The molecule has 0 fully saturated rings. The van der Waals surface area contributed by atoms with Crippen molar-refractivity contribution in [2.45, 2.75) is 12.8 Å². The maximum atomic E-state index is 2.44. The van der Waals surface area contributed by atoms with Gasteiger partial charge in [0.05, 0.1) is 0 Å². The summed E-state index contributed by atoms with van der Waals surface area (Å²) in [6.07, 6.45) is 6.77. The molecule has 0 radical (unpaired) electrons. The Kier molecular flexibility index (Phi) is 6.27. The summed E-state index contributed by atoms with van der Waals surface area (Å²) in [7, 11) is 0. The van der Waals surface area contributed by atoms with Crippen LogP contribution in [0.2, 0.25) is 0 Å². The zero-order valence-electron chi connectivity index (χ0n) is 29.7. The van der Waals surface area contributed by atoms with Crippen molar-refractivity contribution < 1.29 is 0 Å². The van der Waals surface area contributed by atoms with Crippen LogP contribution < -0.4 is 0 Å². The highest BCUT2D eigenvalue weighted by molar-refractivity contribution is 6.24. The van der Waals surface area contributed by atoms with E-state index in [1.165, 1.54) is 121 Å². The number of fused-ring (bicyclic) bond motifs is 1. The molecule has 0 aliphatic heterocycles. The first kappa shape index (κ1) is 29.8. The normalized spacial score (nSPS) is 13.6. The van der Waals surface area contributed by atoms with Crippen LogP contribution in [0.5, 0.6) is 0 Å². The molecule has 0 heterocycles. The second kappa shape index (κ2) is 11.4. The topological polar surface area (TPSA) is 0 Å². The van der Waals surface area contributed by atoms with E-state index in [1.54, 1.807) is 0 Å². The van der Waals surface area contributed by atoms with Crippen LogP contribution in [-0.2, 0) is 12.8 Å². The Hall–Kier alpha value is -6.76. The van der Waals surface area contributed by atoms with Gasteiger partial charge in [-0.1, -0.05) is 146 Å². The Morgan fingerprint density at radius 3 is 1.20 bits per heavy atom. The summed E-state index contributed by atoms with van der Waals surface area (Å²) in [4.78, 5) is 0. The van der Waals surface area contributed by atoms with Gasteiger partial charge in [0.15, 0.2) is 0 Å². The first-order valence-corrected chi connectivity index (χ1v) is 19.1. The number of benzene rings is 10. The van der Waals surface area contributed by atoms with Crippen molar-refractivity contribution in [3.63, 3.8) is 0 Å². The highest BCUT2D eigenvalue weighted by atomic mass is 14.3. The Morgan fingerprint density at radius 1 is 0.259 bits per heavy atom. The van der Waals surface area contributed by atoms with E-state index in [9.17, 15) is 0 Å². The van der Waals surface area contributed by atoms with Crippen LogP contribution in [0.4, 0.5) is 0 Å². The zero-order chi connectivity index (χ0) is 35.3. The fourth-order valence-electron chi connectivity index (χ4n) is 9.57. The maximum absolute atomic E-state index is 2.44. The molecule has 2 aliphatic carbocycles. The van der Waals surface area contributed by atoms with Gasteiger partial charge < -0.3 is 0 Å². The second-order valence-electron chi connectivity index (χ2n) is 15.3. The molecule has 0 heteroatoms. The molecule has 0 bridgehead atoms. The predicted molar refractivity (Wildman–Crippen MR) is 232 cm³/mol. The van der Waals surface area contributed by atoms with Crippen LogP contribution >= 0.6 is 0 Å². The lowest BCUT2D eigenvalue weighted by Crippen LogP contribution is -2.05. The number of allylic oxidation sites excluding steroid dienone is 2. The van der Waals surface area contributed by atoms with E-state index >= 15 is 0 Å². The van der Waals surface area contributed by atoms with Crippen molar-refractivity contribution in [1.82, 2.24) is 0 Å². The van der Waals surface area contributed by atoms with Gasteiger partial charge in [-0.3, -0.25) is 0 Å². The molecular formula is C54H34. The average Bonchev–Trinajstić information content (AvgIpc) is 3.24. The van der Waals surface area contributed by atoms with Gasteiger partial charge in [-0.25, -0.2) is 0 Å². The lowest BCUT2D eigenvalue weighted by molar-refractivity contribution is 1.25. The van der Waals surface area contributed by atoms with Crippen LogP contribution in [0.15, 0.2) is 170 Å². The van der Waals surface area contributed by atoms with E-state index in [4.69, 9.17) is 0 Å². The third-order valence-electron chi connectivity index (χ3n) is 12.1. The van der Waals surface area contributed by atoms with Crippen molar-refractivity contribution in [3.8, 4) is 22.3 Å². The molecule has 0 aromatic heterocycles. The first-order chi connectivity index (χ1) is 26.7. The first-order valence-electron chi connectivity index (χ1n) is 19.1. The van der Waals surface area contributed by atoms with Gasteiger partial charge in [-0.05, 0) is 170 Å². The van der Waals surface area contributed by atoms with Crippen LogP contribution in [0.25, 0.3) is 99.4 Å². The summed E-state index contributed by atoms with van der Waals surface area (Å²) in [5.41, 5.74) is 16.0. The molecule has 0 atom stereocenters. The number of rotatable bonds is 4. The molecule has 0 amide bonds. The summed E-state index contributed by atoms with van der Waals surface area (Å²) in [5, 5.41) is 13.3. The smallest absolute Gasteiger partial charge is 0.00132 e. The third kappa shape index (κ3) is 4.57. The maximum Gasteiger partial charge on any atom is -0.00132 e. The summed E-state index contributed by atoms with van der Waals surface area (Å²) in [5.74, 6) is 0. The van der Waals surface area contributed by atoms with Crippen LogP contribution in [0.3, 0.4) is 0 Å². The quantitative estimate of drug-likeness (QED) is 0.162. The minimum absolute atomic E-state index is 0.948. The molecule has 0 N–H and O–H groups in total. The van der Waals surface area contributed by atoms with Gasteiger partial charge in [0.1, 0.15) is 0 Å². The predicted octanol–water partition coefficient (Wildman–Crippen LogP) is 14.4. The monoisotopic (exact) mass is 682 g/mol. The van der Waals surface area contributed by atoms with Crippen molar-refractivity contribution in [2.75, 3.05) is 0 Å². The van der Waals surface area contributed by atoms with Crippen molar-refractivity contribution in [2.24, 2.45) is 0 Å². The van der Waals surface area contributed by atoms with Gasteiger partial charge >= 0.3 is 0 Å². The molecule has 250 valence electrons. The van der Waals surface area contributed by atoms with Crippen molar-refractivity contribution in [3.05, 3.63) is 203 Å². The summed E-state index contributed by atoms with van der Waals surface area (Å²) in [6.45, 7) is 0. The number of hydrogen-bond acceptors (Lipinski definition) is 0. The summed E-state index contributed by atoms with van der Waals surface area (Å²) < 4.78 is 0. The van der Waals surface area contributed by atoms with Crippen LogP contribution in [0, 0.1) is 0 Å². The zero-order valence-corrected chi connectivity index (χ0v) is 29.7. The van der Waals surface area contributed by atoms with E-state index in [2.05, 4.69) is 182 Å². The molecule has 54 heavy (non-hydrogen) atoms. The van der Waals surface area contributed by atoms with E-state index in [0.717, 1.165) is 12.8 Å². The molecule has 2 aliphatic rings. The summed E-state index contributed by atoms with van der Waals surface area (Å²) >= 11 is 0. The highest BCUT2D eigenvalue weighted by Crippen LogP contribution is 2.44. The standard InChI is InChI=1S/C54H34/c1-3-7-33(8-4-1)47-25-39-15-19-43-29-49(30-44-20-16-40(26-47)51(39)53(43)44)37-13-11-36-24-38(14-12-35(36)23-37)50-31-45-21-17-41-27-48(34-9-5-2-6-10-34)28-42-18-22-46(32-50)54(45)52(41)42/h1-27,29-31H,28,32H2. The van der Waals surface area contributed by atoms with Crippen molar-refractivity contribution in [1.29, 1.82) is 0 Å². The van der Waals surface area contributed by atoms with Gasteiger partial charge in [-0.15, -0.1) is 0 Å². The molecule has 0 unspecified atom stereocenters. The Balaban J connectivity index is 0.889. The number of hydrogen-bond donors (Lipinski definition) is 0. The fraction of sp³-hybridized carbons (Fsp3) is 0.0370. The van der Waals surface area contributed by atoms with Crippen LogP contribution in [-0.4, -0.2) is 0 Å². The molecule has 0 nitrogen and oxygen atoms in total. The highest BCUT2D eigenvalue weighted by Gasteiger charge is 2.22. The lowest BCUT2D eigenvalue weighted by Gasteiger charge is -2.25. The van der Waals surface area contributed by atoms with Gasteiger partial charge in [0.2, 0.25) is 0 Å². The Morgan fingerprint density at radius 2 is 0.667 bits per heavy atom. The molecular weight excluding hydrogens is 649 g/mol. The van der Waals surface area contributed by atoms with Gasteiger partial charge in [0, 0.05) is 0 Å². The fourth-order valence-corrected chi connectivity index (χ4v) is 9.57. The molecule has 0 saturated heterocycles. The average molecular weight is 683 g/mol. The third-order valence-corrected chi connectivity index (χ3v) is 12.1. The van der Waals surface area contributed by atoms with E-state index in [0.29, 0.717) is 0 Å². The minimum atomic E-state index is 0.948. The lowest BCUT2D eigenvalue weighted by atomic mass is 9.79. The van der Waals surface area contributed by atoms with Gasteiger partial charge in [0.25, 0.3) is 0 Å². The Bertz CT molecular complexity index is 3160. The second-order valence-corrected chi connectivity index (χ2v) is 15.3. The van der Waals surface area contributed by atoms with E-state index in [1.807, 2.05) is 0 Å². The minimum Gasteiger partial charge on any atom is -0.0622 e. The SMILES string of the molecule is C1=C(c2ccccc2)Cc2ccc3c4c(ccc1c24)C=C(c1ccc2cc(-c4cc5ccc6cc(-c7ccccc7)cc7ccc(c4)c5c67)ccc2c1)C3. The molecule has 0 spiro atoms. The molecule has 0 saturated carbocycles. The largest absolute Gasteiger partial charge is 0.0622 e.